The highest BCUT2D eigenvalue weighted by atomic mass is 16.1. The molecule has 1 amide bonds. The maximum Gasteiger partial charge on any atom is 0.223 e. The quantitative estimate of drug-likeness (QED) is 0.510. The lowest BCUT2D eigenvalue weighted by molar-refractivity contribution is -0.176. The van der Waals surface area contributed by atoms with Crippen LogP contribution in [0.5, 0.6) is 0 Å². The second-order valence-corrected chi connectivity index (χ2v) is 14.8. The molecule has 0 aliphatic heterocycles. The smallest absolute Gasteiger partial charge is 0.223 e. The van der Waals surface area contributed by atoms with Crippen LogP contribution in [0.25, 0.3) is 0 Å². The van der Waals surface area contributed by atoms with Crippen LogP contribution in [0.15, 0.2) is 23.3 Å². The molecule has 7 atom stereocenters. The fourth-order valence-electron chi connectivity index (χ4n) is 10.1. The van der Waals surface area contributed by atoms with Crippen molar-refractivity contribution in [3.8, 4) is 6.07 Å². The average molecular weight is 491 g/mol. The Morgan fingerprint density at radius 1 is 1.00 bits per heavy atom. The second-order valence-electron chi connectivity index (χ2n) is 14.8. The number of carbonyl (C=O) groups excluding carboxylic acids is 3. The van der Waals surface area contributed by atoms with Crippen LogP contribution in [0.4, 0.5) is 0 Å². The molecular formula is C31H42N2O3. The minimum atomic E-state index is -0.668. The topological polar surface area (TPSA) is 101 Å². The van der Waals surface area contributed by atoms with Gasteiger partial charge in [-0.1, -0.05) is 60.1 Å². The summed E-state index contributed by atoms with van der Waals surface area (Å²) >= 11 is 0. The molecule has 0 radical (unpaired) electrons. The zero-order valence-electron chi connectivity index (χ0n) is 23.1. The third kappa shape index (κ3) is 2.85. The van der Waals surface area contributed by atoms with E-state index in [0.29, 0.717) is 0 Å². The number of nitrogens with zero attached hydrogens (tertiary/aromatic N) is 1. The van der Waals surface area contributed by atoms with Gasteiger partial charge in [-0.05, 0) is 79.1 Å². The summed E-state index contributed by atoms with van der Waals surface area (Å²) < 4.78 is 0. The minimum Gasteiger partial charge on any atom is -0.369 e. The molecule has 0 aromatic heterocycles. The summed E-state index contributed by atoms with van der Waals surface area (Å²) in [6, 6.07) is 2.16. The molecule has 3 saturated carbocycles. The van der Waals surface area contributed by atoms with E-state index in [0.717, 1.165) is 50.5 Å². The summed E-state index contributed by atoms with van der Waals surface area (Å²) in [4.78, 5) is 40.4. The van der Waals surface area contributed by atoms with Gasteiger partial charge in [-0.3, -0.25) is 14.4 Å². The van der Waals surface area contributed by atoms with Crippen molar-refractivity contribution in [2.75, 3.05) is 0 Å². The van der Waals surface area contributed by atoms with Crippen LogP contribution in [-0.4, -0.2) is 17.5 Å². The van der Waals surface area contributed by atoms with Gasteiger partial charge in [0.1, 0.15) is 6.07 Å². The van der Waals surface area contributed by atoms with E-state index in [1.54, 1.807) is 0 Å². The fraction of sp³-hybridized carbons (Fsp3) is 0.742. The number of hydrogen-bond donors (Lipinski definition) is 1. The number of nitriles is 1. The van der Waals surface area contributed by atoms with Crippen LogP contribution in [0.1, 0.15) is 93.4 Å². The van der Waals surface area contributed by atoms with Crippen LogP contribution in [0.3, 0.4) is 0 Å². The van der Waals surface area contributed by atoms with Gasteiger partial charge in [0.2, 0.25) is 5.91 Å². The van der Waals surface area contributed by atoms with Gasteiger partial charge >= 0.3 is 0 Å². The number of nitrogens with two attached hydrogens (primary N) is 1. The SMILES string of the molecule is CC1(C)CC[C@]2(C(N)=O)CC[C@]3(C)[C@H](C(=O)C=C4[C@@]5(C)C=C(C#N)C(=O)C(C)(C)[C@@H]5CC[C@]43C)[C@@H]2C1. The van der Waals surface area contributed by atoms with Crippen LogP contribution in [0.2, 0.25) is 0 Å². The van der Waals surface area contributed by atoms with Crippen molar-refractivity contribution in [2.24, 2.45) is 56.0 Å². The van der Waals surface area contributed by atoms with Crippen LogP contribution in [0, 0.1) is 61.6 Å². The first kappa shape index (κ1) is 25.4. The molecule has 0 saturated heterocycles. The summed E-state index contributed by atoms with van der Waals surface area (Å²) in [5, 5.41) is 9.84. The Bertz CT molecular complexity index is 1180. The van der Waals surface area contributed by atoms with Gasteiger partial charge in [0.15, 0.2) is 11.6 Å². The van der Waals surface area contributed by atoms with E-state index in [1.807, 2.05) is 26.0 Å². The van der Waals surface area contributed by atoms with E-state index < -0.39 is 16.2 Å². The highest BCUT2D eigenvalue weighted by Gasteiger charge is 2.70. The molecule has 5 rings (SSSR count). The monoisotopic (exact) mass is 490 g/mol. The van der Waals surface area contributed by atoms with Gasteiger partial charge in [-0.25, -0.2) is 0 Å². The molecule has 3 fully saturated rings. The number of fused-ring (bicyclic) bond motifs is 7. The van der Waals surface area contributed by atoms with Gasteiger partial charge in [0, 0.05) is 16.7 Å². The molecule has 0 heterocycles. The Balaban J connectivity index is 1.71. The average Bonchev–Trinajstić information content (AvgIpc) is 2.77. The number of ketones is 2. The summed E-state index contributed by atoms with van der Waals surface area (Å²) in [7, 11) is 0. The Labute approximate surface area is 215 Å². The van der Waals surface area contributed by atoms with Crippen molar-refractivity contribution in [3.63, 3.8) is 0 Å². The maximum absolute atomic E-state index is 14.3. The zero-order chi connectivity index (χ0) is 26.7. The number of rotatable bonds is 1. The molecule has 0 unspecified atom stereocenters. The zero-order valence-corrected chi connectivity index (χ0v) is 23.1. The molecule has 5 aliphatic carbocycles. The predicted octanol–water partition coefficient (Wildman–Crippen LogP) is 5.69. The minimum absolute atomic E-state index is 0.0313. The van der Waals surface area contributed by atoms with Crippen LogP contribution in [-0.2, 0) is 14.4 Å². The molecule has 2 N–H and O–H groups in total. The number of carbonyl (C=O) groups is 3. The van der Waals surface area contributed by atoms with E-state index in [4.69, 9.17) is 5.73 Å². The van der Waals surface area contributed by atoms with E-state index in [9.17, 15) is 19.6 Å². The Kier molecular flexibility index (Phi) is 5.09. The standard InChI is InChI=1S/C31H42N2O3/c1-26(2)10-12-31(25(33)36)13-11-30(7)23(19(31)16-26)20(34)14-22-28(5)15-18(17-32)24(35)27(3,4)21(28)8-9-29(22,30)6/h14-15,19,21,23H,8-13,16H2,1-7H3,(H2,33,36)/t19-,21-,23-,28-,29+,30+,31-/m0/s1. The first-order valence-electron chi connectivity index (χ1n) is 13.7. The number of Topliss-reactive ketones (excluding diaryl/α,β-unsaturated/α-hetero) is 1. The lowest BCUT2D eigenvalue weighted by Crippen LogP contribution is -2.66. The van der Waals surface area contributed by atoms with Gasteiger partial charge in [0.05, 0.1) is 11.0 Å². The van der Waals surface area contributed by atoms with Crippen LogP contribution < -0.4 is 5.73 Å². The normalized spacial score (nSPS) is 46.7. The molecule has 194 valence electrons. The highest BCUT2D eigenvalue weighted by Crippen LogP contribution is 2.74. The number of amides is 1. The Morgan fingerprint density at radius 2 is 1.64 bits per heavy atom. The molecule has 5 heteroatoms. The van der Waals surface area contributed by atoms with E-state index >= 15 is 0 Å². The molecule has 5 nitrogen and oxygen atoms in total. The summed E-state index contributed by atoms with van der Waals surface area (Å²) in [6.07, 6.45) is 9.59. The van der Waals surface area contributed by atoms with Crippen molar-refractivity contribution in [1.82, 2.24) is 0 Å². The largest absolute Gasteiger partial charge is 0.369 e. The highest BCUT2D eigenvalue weighted by molar-refractivity contribution is 6.04. The third-order valence-corrected chi connectivity index (χ3v) is 12.4. The van der Waals surface area contributed by atoms with Crippen molar-refractivity contribution in [1.29, 1.82) is 5.26 Å². The van der Waals surface area contributed by atoms with Gasteiger partial charge in [0.25, 0.3) is 0 Å². The summed E-state index contributed by atoms with van der Waals surface area (Å²) in [6.45, 7) is 15.2. The molecule has 5 aliphatic rings. The predicted molar refractivity (Wildman–Crippen MR) is 138 cm³/mol. The Hall–Kier alpha value is -2.22. The first-order chi connectivity index (χ1) is 16.5. The van der Waals surface area contributed by atoms with Crippen molar-refractivity contribution < 1.29 is 14.4 Å². The summed E-state index contributed by atoms with van der Waals surface area (Å²) in [5.74, 6) is -0.478. The van der Waals surface area contributed by atoms with E-state index in [1.165, 1.54) is 0 Å². The molecule has 36 heavy (non-hydrogen) atoms. The van der Waals surface area contributed by atoms with Gasteiger partial charge < -0.3 is 5.73 Å². The molecular weight excluding hydrogens is 448 g/mol. The lowest BCUT2D eigenvalue weighted by atomic mass is 9.34. The second kappa shape index (κ2) is 7.21. The van der Waals surface area contributed by atoms with Gasteiger partial charge in [-0.15, -0.1) is 0 Å². The lowest BCUT2D eigenvalue weighted by Gasteiger charge is -2.68. The molecule has 0 spiro atoms. The van der Waals surface area contributed by atoms with Crippen molar-refractivity contribution in [2.45, 2.75) is 93.4 Å². The number of hydrogen-bond acceptors (Lipinski definition) is 4. The third-order valence-electron chi connectivity index (χ3n) is 12.4. The molecule has 0 aromatic carbocycles. The summed E-state index contributed by atoms with van der Waals surface area (Å²) in [5.41, 5.74) is 5.10. The number of allylic oxidation sites excluding steroid dienone is 4. The van der Waals surface area contributed by atoms with Crippen LogP contribution >= 0.6 is 0 Å². The van der Waals surface area contributed by atoms with E-state index in [2.05, 4.69) is 40.7 Å². The maximum atomic E-state index is 14.3. The van der Waals surface area contributed by atoms with E-state index in [-0.39, 0.29) is 57.0 Å². The number of primary amides is 1. The van der Waals surface area contributed by atoms with Crippen molar-refractivity contribution >= 4 is 17.5 Å². The fourth-order valence-corrected chi connectivity index (χ4v) is 10.1. The van der Waals surface area contributed by atoms with Gasteiger partial charge in [-0.2, -0.15) is 5.26 Å². The first-order valence-corrected chi connectivity index (χ1v) is 13.7. The molecule has 0 bridgehead atoms. The van der Waals surface area contributed by atoms with Crippen molar-refractivity contribution in [3.05, 3.63) is 23.3 Å². The Morgan fingerprint density at radius 3 is 2.25 bits per heavy atom. The molecule has 0 aromatic rings.